The second-order valence-electron chi connectivity index (χ2n) is 5.62. The predicted octanol–water partition coefficient (Wildman–Crippen LogP) is 2.90. The Morgan fingerprint density at radius 2 is 1.73 bits per heavy atom. The summed E-state index contributed by atoms with van der Waals surface area (Å²) in [4.78, 5) is 12.5. The van der Waals surface area contributed by atoms with Crippen LogP contribution in [0.25, 0.3) is 0 Å². The Balaban J connectivity index is 3.00. The fourth-order valence-electron chi connectivity index (χ4n) is 2.38. The molecule has 0 aliphatic heterocycles. The third-order valence-corrected chi connectivity index (χ3v) is 5.29. The highest BCUT2D eigenvalue weighted by Crippen LogP contribution is 2.21. The summed E-state index contributed by atoms with van der Waals surface area (Å²) in [6.07, 6.45) is 2.40. The number of benzene rings is 1. The van der Waals surface area contributed by atoms with Crippen molar-refractivity contribution >= 4 is 15.6 Å². The van der Waals surface area contributed by atoms with Crippen molar-refractivity contribution in [2.75, 3.05) is 13.4 Å². The predicted molar refractivity (Wildman–Crippen MR) is 88.8 cm³/mol. The Labute approximate surface area is 133 Å². The molecule has 22 heavy (non-hydrogen) atoms. The molecule has 0 heterocycles. The van der Waals surface area contributed by atoms with Gasteiger partial charge in [-0.15, -0.1) is 0 Å². The van der Waals surface area contributed by atoms with Gasteiger partial charge in [0.2, 0.25) is 0 Å². The van der Waals surface area contributed by atoms with Gasteiger partial charge in [0.05, 0.1) is 11.4 Å². The highest BCUT2D eigenvalue weighted by molar-refractivity contribution is 7.91. The lowest BCUT2D eigenvalue weighted by molar-refractivity contribution is 0.0634. The van der Waals surface area contributed by atoms with Crippen molar-refractivity contribution in [2.24, 2.45) is 5.92 Å². The van der Waals surface area contributed by atoms with Crippen LogP contribution in [0.4, 0.5) is 0 Å². The van der Waals surface area contributed by atoms with Gasteiger partial charge in [0.1, 0.15) is 0 Å². The van der Waals surface area contributed by atoms with Crippen molar-refractivity contribution in [3.8, 4) is 0 Å². The molecule has 0 saturated heterocycles. The van der Waals surface area contributed by atoms with E-state index in [-0.39, 0.29) is 5.78 Å². The first-order valence-electron chi connectivity index (χ1n) is 7.17. The molecule has 3 atom stereocenters. The summed E-state index contributed by atoms with van der Waals surface area (Å²) >= 11 is 0. The van der Waals surface area contributed by atoms with Crippen LogP contribution in [0.1, 0.15) is 31.1 Å². The minimum absolute atomic E-state index is 0.0211. The average molecular weight is 324 g/mol. The third-order valence-electron chi connectivity index (χ3n) is 3.80. The van der Waals surface area contributed by atoms with Crippen LogP contribution in [-0.4, -0.2) is 38.9 Å². The molecule has 0 unspecified atom stereocenters. The van der Waals surface area contributed by atoms with Gasteiger partial charge in [-0.25, -0.2) is 8.42 Å². The van der Waals surface area contributed by atoms with Crippen LogP contribution in [0.2, 0.25) is 0 Å². The molecule has 0 saturated carbocycles. The maximum Gasteiger partial charge on any atom is 0.168 e. The van der Waals surface area contributed by atoms with Crippen LogP contribution in [0.3, 0.4) is 0 Å². The summed E-state index contributed by atoms with van der Waals surface area (Å²) in [7, 11) is -1.62. The number of rotatable bonds is 7. The summed E-state index contributed by atoms with van der Waals surface area (Å²) in [5.74, 6) is -0.414. The maximum absolute atomic E-state index is 12.5. The minimum Gasteiger partial charge on any atom is -0.376 e. The molecule has 0 aliphatic carbocycles. The van der Waals surface area contributed by atoms with Crippen molar-refractivity contribution in [1.29, 1.82) is 0 Å². The molecule has 1 aromatic carbocycles. The largest absolute Gasteiger partial charge is 0.376 e. The van der Waals surface area contributed by atoms with Crippen molar-refractivity contribution in [3.63, 3.8) is 0 Å². The summed E-state index contributed by atoms with van der Waals surface area (Å²) < 4.78 is 28.5. The van der Waals surface area contributed by atoms with Crippen molar-refractivity contribution < 1.29 is 17.9 Å². The van der Waals surface area contributed by atoms with E-state index in [2.05, 4.69) is 0 Å². The molecule has 0 spiro atoms. The van der Waals surface area contributed by atoms with Gasteiger partial charge in [-0.3, -0.25) is 4.79 Å². The molecule has 0 amide bonds. The third kappa shape index (κ3) is 4.78. The Bertz CT molecular complexity index is 632. The number of hydrogen-bond acceptors (Lipinski definition) is 4. The molecule has 0 aliphatic rings. The zero-order valence-corrected chi connectivity index (χ0v) is 14.6. The standard InChI is InChI=1S/C17H24O4S/c1-12(11-13(2)22(5,19)20)17(21-4)14(3)16(18)15-9-7-6-8-10-15/h6-11,13-14,17H,1-5H3/t13-,14+,17-/m1/s1. The fourth-order valence-corrected chi connectivity index (χ4v) is 2.84. The molecule has 1 aromatic rings. The van der Waals surface area contributed by atoms with E-state index in [0.29, 0.717) is 5.56 Å². The van der Waals surface area contributed by atoms with Gasteiger partial charge in [0.15, 0.2) is 15.6 Å². The zero-order valence-electron chi connectivity index (χ0n) is 13.7. The topological polar surface area (TPSA) is 60.4 Å². The van der Waals surface area contributed by atoms with Gasteiger partial charge in [0.25, 0.3) is 0 Å². The molecule has 0 bridgehead atoms. The first-order chi connectivity index (χ1) is 10.2. The monoisotopic (exact) mass is 324 g/mol. The van der Waals surface area contributed by atoms with Gasteiger partial charge in [-0.2, -0.15) is 0 Å². The second kappa shape index (κ2) is 7.70. The molecular weight excluding hydrogens is 300 g/mol. The summed E-state index contributed by atoms with van der Waals surface area (Å²) in [6.45, 7) is 5.21. The molecular formula is C17H24O4S. The number of carbonyl (C=O) groups excluding carboxylic acids is 1. The maximum atomic E-state index is 12.5. The van der Waals surface area contributed by atoms with Gasteiger partial charge < -0.3 is 4.74 Å². The summed E-state index contributed by atoms with van der Waals surface area (Å²) in [6, 6.07) is 9.02. The Morgan fingerprint density at radius 3 is 2.18 bits per heavy atom. The van der Waals surface area contributed by atoms with Crippen LogP contribution < -0.4 is 0 Å². The van der Waals surface area contributed by atoms with E-state index < -0.39 is 27.1 Å². The van der Waals surface area contributed by atoms with Crippen LogP contribution in [0.15, 0.2) is 42.0 Å². The van der Waals surface area contributed by atoms with Crippen LogP contribution in [0, 0.1) is 5.92 Å². The van der Waals surface area contributed by atoms with E-state index in [1.54, 1.807) is 39.0 Å². The smallest absolute Gasteiger partial charge is 0.168 e. The first-order valence-corrected chi connectivity index (χ1v) is 9.13. The number of methoxy groups -OCH3 is 1. The van der Waals surface area contributed by atoms with Gasteiger partial charge in [0, 0.05) is 24.8 Å². The molecule has 1 rings (SSSR count). The van der Waals surface area contributed by atoms with E-state index in [1.165, 1.54) is 13.4 Å². The molecule has 0 aromatic heterocycles. The van der Waals surface area contributed by atoms with E-state index in [0.717, 1.165) is 5.57 Å². The summed E-state index contributed by atoms with van der Waals surface area (Å²) in [5, 5.41) is -0.607. The number of Topliss-reactive ketones (excluding diaryl/α,β-unsaturated/α-hetero) is 1. The Kier molecular flexibility index (Phi) is 6.50. The average Bonchev–Trinajstić information content (AvgIpc) is 2.46. The molecule has 4 nitrogen and oxygen atoms in total. The molecule has 0 radical (unpaired) electrons. The highest BCUT2D eigenvalue weighted by atomic mass is 32.2. The fraction of sp³-hybridized carbons (Fsp3) is 0.471. The van der Waals surface area contributed by atoms with E-state index in [4.69, 9.17) is 4.74 Å². The van der Waals surface area contributed by atoms with Crippen LogP contribution in [0.5, 0.6) is 0 Å². The van der Waals surface area contributed by atoms with E-state index >= 15 is 0 Å². The van der Waals surface area contributed by atoms with Gasteiger partial charge in [-0.05, 0) is 19.4 Å². The minimum atomic E-state index is -3.15. The molecule has 0 N–H and O–H groups in total. The van der Waals surface area contributed by atoms with Crippen LogP contribution in [-0.2, 0) is 14.6 Å². The SMILES string of the molecule is CO[C@H](C(C)=C[C@@H](C)S(C)(=O)=O)[C@@H](C)C(=O)c1ccccc1. The lowest BCUT2D eigenvalue weighted by Crippen LogP contribution is -2.29. The van der Waals surface area contributed by atoms with Crippen molar-refractivity contribution in [1.82, 2.24) is 0 Å². The lowest BCUT2D eigenvalue weighted by Gasteiger charge is -2.23. The zero-order chi connectivity index (χ0) is 16.9. The first kappa shape index (κ1) is 18.6. The number of ether oxygens (including phenoxy) is 1. The molecule has 5 heteroatoms. The number of carbonyl (C=O) groups is 1. The van der Waals surface area contributed by atoms with Crippen molar-refractivity contribution in [2.45, 2.75) is 32.1 Å². The highest BCUT2D eigenvalue weighted by Gasteiger charge is 2.27. The normalized spacial score (nSPS) is 16.9. The quantitative estimate of drug-likeness (QED) is 0.571. The number of ketones is 1. The molecule has 122 valence electrons. The molecule has 0 fully saturated rings. The van der Waals surface area contributed by atoms with Gasteiger partial charge in [-0.1, -0.05) is 43.3 Å². The second-order valence-corrected chi connectivity index (χ2v) is 8.02. The number of sulfone groups is 1. The lowest BCUT2D eigenvalue weighted by atomic mass is 9.90. The Hall–Kier alpha value is -1.46. The summed E-state index contributed by atoms with van der Waals surface area (Å²) in [5.41, 5.74) is 1.37. The Morgan fingerprint density at radius 1 is 1.18 bits per heavy atom. The van der Waals surface area contributed by atoms with Crippen LogP contribution >= 0.6 is 0 Å². The van der Waals surface area contributed by atoms with Crippen molar-refractivity contribution in [3.05, 3.63) is 47.5 Å². The number of hydrogen-bond donors (Lipinski definition) is 0. The van der Waals surface area contributed by atoms with Gasteiger partial charge >= 0.3 is 0 Å². The van der Waals surface area contributed by atoms with E-state index in [9.17, 15) is 13.2 Å². The van der Waals surface area contributed by atoms with E-state index in [1.807, 2.05) is 18.2 Å².